The van der Waals surface area contributed by atoms with E-state index >= 15 is 0 Å². The molecule has 0 aromatic heterocycles. The molecule has 0 saturated carbocycles. The minimum atomic E-state index is 0.552. The van der Waals surface area contributed by atoms with Gasteiger partial charge in [-0.15, -0.1) is 0 Å². The number of hydrogen-bond donors (Lipinski definition) is 0. The molecule has 0 aliphatic carbocycles. The summed E-state index contributed by atoms with van der Waals surface area (Å²) in [6, 6.07) is 5.35. The van der Waals surface area contributed by atoms with Crippen molar-refractivity contribution in [2.75, 3.05) is 6.61 Å². The van der Waals surface area contributed by atoms with Gasteiger partial charge in [-0.2, -0.15) is 0 Å². The first-order chi connectivity index (χ1) is 9.02. The summed E-state index contributed by atoms with van der Waals surface area (Å²) >= 11 is 11.9. The van der Waals surface area contributed by atoms with Crippen molar-refractivity contribution >= 4 is 23.2 Å². The molecule has 0 amide bonds. The van der Waals surface area contributed by atoms with Gasteiger partial charge in [-0.1, -0.05) is 63.2 Å². The van der Waals surface area contributed by atoms with Crippen molar-refractivity contribution in [3.63, 3.8) is 0 Å². The first-order valence-electron chi connectivity index (χ1n) is 7.10. The number of ether oxygens (including phenoxy) is 1. The van der Waals surface area contributed by atoms with Gasteiger partial charge >= 0.3 is 0 Å². The van der Waals surface area contributed by atoms with Crippen molar-refractivity contribution < 1.29 is 4.74 Å². The molecule has 1 rings (SSSR count). The van der Waals surface area contributed by atoms with Gasteiger partial charge in [-0.3, -0.25) is 0 Å². The molecule has 0 aliphatic heterocycles. The smallest absolute Gasteiger partial charge is 0.137 e. The van der Waals surface area contributed by atoms with Gasteiger partial charge in [-0.25, -0.2) is 0 Å². The summed E-state index contributed by atoms with van der Waals surface area (Å²) in [7, 11) is 0. The molecule has 108 valence electrons. The minimum absolute atomic E-state index is 0.552. The Hall–Kier alpha value is -0.400. The van der Waals surface area contributed by atoms with Crippen molar-refractivity contribution in [3.8, 4) is 5.75 Å². The lowest BCUT2D eigenvalue weighted by atomic mass is 9.97. The first kappa shape index (κ1) is 16.7. The highest BCUT2D eigenvalue weighted by atomic mass is 35.5. The lowest BCUT2D eigenvalue weighted by Crippen LogP contribution is -2.09. The Bertz CT molecular complexity index is 379. The quantitative estimate of drug-likeness (QED) is 0.553. The van der Waals surface area contributed by atoms with Gasteiger partial charge in [0.1, 0.15) is 5.75 Å². The van der Waals surface area contributed by atoms with Crippen LogP contribution in [-0.2, 0) is 0 Å². The van der Waals surface area contributed by atoms with E-state index in [1.807, 2.05) is 6.07 Å². The van der Waals surface area contributed by atoms with Crippen LogP contribution >= 0.6 is 23.2 Å². The fourth-order valence-electron chi connectivity index (χ4n) is 1.93. The zero-order valence-electron chi connectivity index (χ0n) is 12.1. The third kappa shape index (κ3) is 6.54. The van der Waals surface area contributed by atoms with E-state index in [4.69, 9.17) is 27.9 Å². The van der Waals surface area contributed by atoms with Gasteiger partial charge < -0.3 is 4.74 Å². The van der Waals surface area contributed by atoms with E-state index in [0.29, 0.717) is 22.6 Å². The fourth-order valence-corrected chi connectivity index (χ4v) is 2.39. The predicted molar refractivity (Wildman–Crippen MR) is 84.4 cm³/mol. The highest BCUT2D eigenvalue weighted by Crippen LogP contribution is 2.28. The molecule has 0 heterocycles. The van der Waals surface area contributed by atoms with Crippen LogP contribution in [0.25, 0.3) is 0 Å². The van der Waals surface area contributed by atoms with Gasteiger partial charge in [-0.05, 0) is 36.5 Å². The molecule has 0 aliphatic rings. The maximum Gasteiger partial charge on any atom is 0.137 e. The van der Waals surface area contributed by atoms with E-state index < -0.39 is 0 Å². The average molecular weight is 303 g/mol. The predicted octanol–water partition coefficient (Wildman–Crippen LogP) is 6.22. The number of halogens is 2. The molecule has 0 spiro atoms. The summed E-state index contributed by atoms with van der Waals surface area (Å²) < 4.78 is 5.75. The van der Waals surface area contributed by atoms with E-state index in [1.165, 1.54) is 25.7 Å². The first-order valence-corrected chi connectivity index (χ1v) is 7.86. The molecular weight excluding hydrogens is 279 g/mol. The van der Waals surface area contributed by atoms with Gasteiger partial charge in [0.2, 0.25) is 0 Å². The van der Waals surface area contributed by atoms with Crippen LogP contribution in [0.5, 0.6) is 5.75 Å². The summed E-state index contributed by atoms with van der Waals surface area (Å²) in [5.41, 5.74) is 0. The normalized spacial score (nSPS) is 14.2. The Morgan fingerprint density at radius 1 is 1.11 bits per heavy atom. The molecule has 1 nitrogen and oxygen atoms in total. The second kappa shape index (κ2) is 8.71. The van der Waals surface area contributed by atoms with Crippen molar-refractivity contribution in [1.82, 2.24) is 0 Å². The SMILES string of the molecule is CCC(C)CCCC(C)COc1ccc(Cl)cc1Cl. The van der Waals surface area contributed by atoms with Gasteiger partial charge in [0, 0.05) is 5.02 Å². The largest absolute Gasteiger partial charge is 0.492 e. The molecule has 1 aromatic carbocycles. The third-order valence-corrected chi connectivity index (χ3v) is 4.04. The van der Waals surface area contributed by atoms with Crippen LogP contribution in [0.2, 0.25) is 10.0 Å². The standard InChI is InChI=1S/C16H24Cl2O/c1-4-12(2)6-5-7-13(3)11-19-16-9-8-14(17)10-15(16)18/h8-10,12-13H,4-7,11H2,1-3H3. The van der Waals surface area contributed by atoms with Crippen molar-refractivity contribution in [1.29, 1.82) is 0 Å². The van der Waals surface area contributed by atoms with E-state index in [1.54, 1.807) is 12.1 Å². The Labute approximate surface area is 127 Å². The summed E-state index contributed by atoms with van der Waals surface area (Å²) in [6.45, 7) is 7.50. The highest BCUT2D eigenvalue weighted by Gasteiger charge is 2.07. The number of rotatable bonds is 8. The summed E-state index contributed by atoms with van der Waals surface area (Å²) in [5.74, 6) is 2.11. The lowest BCUT2D eigenvalue weighted by molar-refractivity contribution is 0.247. The Kier molecular flexibility index (Phi) is 7.63. The zero-order chi connectivity index (χ0) is 14.3. The van der Waals surface area contributed by atoms with E-state index in [0.717, 1.165) is 11.7 Å². The van der Waals surface area contributed by atoms with E-state index in [-0.39, 0.29) is 0 Å². The minimum Gasteiger partial charge on any atom is -0.492 e. The van der Waals surface area contributed by atoms with Crippen LogP contribution in [0.1, 0.15) is 46.5 Å². The van der Waals surface area contributed by atoms with Crippen molar-refractivity contribution in [2.24, 2.45) is 11.8 Å². The molecule has 0 N–H and O–H groups in total. The second-order valence-corrected chi connectivity index (χ2v) is 6.28. The Morgan fingerprint density at radius 3 is 2.42 bits per heavy atom. The summed E-state index contributed by atoms with van der Waals surface area (Å²) in [6.07, 6.45) is 5.05. The lowest BCUT2D eigenvalue weighted by Gasteiger charge is -2.15. The molecule has 3 heteroatoms. The molecule has 0 radical (unpaired) electrons. The molecule has 0 bridgehead atoms. The topological polar surface area (TPSA) is 9.23 Å². The van der Waals surface area contributed by atoms with Gasteiger partial charge in [0.05, 0.1) is 11.6 Å². The van der Waals surface area contributed by atoms with Crippen LogP contribution in [-0.4, -0.2) is 6.61 Å². The maximum atomic E-state index is 6.07. The molecule has 2 unspecified atom stereocenters. The summed E-state index contributed by atoms with van der Waals surface area (Å²) in [5, 5.41) is 1.22. The van der Waals surface area contributed by atoms with Crippen LogP contribution in [0.3, 0.4) is 0 Å². The van der Waals surface area contributed by atoms with Crippen molar-refractivity contribution in [3.05, 3.63) is 28.2 Å². The second-order valence-electron chi connectivity index (χ2n) is 5.44. The zero-order valence-corrected chi connectivity index (χ0v) is 13.6. The molecule has 2 atom stereocenters. The van der Waals surface area contributed by atoms with E-state index in [9.17, 15) is 0 Å². The van der Waals surface area contributed by atoms with Gasteiger partial charge in [0.25, 0.3) is 0 Å². The van der Waals surface area contributed by atoms with Gasteiger partial charge in [0.15, 0.2) is 0 Å². The molecule has 0 fully saturated rings. The fraction of sp³-hybridized carbons (Fsp3) is 0.625. The monoisotopic (exact) mass is 302 g/mol. The third-order valence-electron chi connectivity index (χ3n) is 3.51. The molecule has 0 saturated heterocycles. The summed E-state index contributed by atoms with van der Waals surface area (Å²) in [4.78, 5) is 0. The van der Waals surface area contributed by atoms with Crippen molar-refractivity contribution in [2.45, 2.75) is 46.5 Å². The van der Waals surface area contributed by atoms with Crippen LogP contribution in [0.15, 0.2) is 18.2 Å². The molecule has 1 aromatic rings. The maximum absolute atomic E-state index is 6.07. The molecule has 19 heavy (non-hydrogen) atoms. The van der Waals surface area contributed by atoms with Crippen LogP contribution < -0.4 is 4.74 Å². The average Bonchev–Trinajstić information content (AvgIpc) is 2.37. The molecular formula is C16H24Cl2O. The highest BCUT2D eigenvalue weighted by molar-refractivity contribution is 6.35. The Balaban J connectivity index is 2.28. The Morgan fingerprint density at radius 2 is 1.79 bits per heavy atom. The van der Waals surface area contributed by atoms with Crippen LogP contribution in [0.4, 0.5) is 0 Å². The van der Waals surface area contributed by atoms with Crippen LogP contribution in [0, 0.1) is 11.8 Å². The number of benzene rings is 1. The van der Waals surface area contributed by atoms with E-state index in [2.05, 4.69) is 20.8 Å². The number of hydrogen-bond acceptors (Lipinski definition) is 1.